The molecule has 10 aromatic rings. The maximum Gasteiger partial charge on any atom is 0.0547 e. The largest absolute Gasteiger partial charge is 0.309 e. The SMILES string of the molecule is CC1(C)c2ccccc2-c2c(N(c3cccc(-c4ccc5c6ccccc6n(-c6ccccc6)c5c4)c3)c3ccccc3-c3cccc4cccc(C5CCCCC5)c34)cccc21. The lowest BCUT2D eigenvalue weighted by molar-refractivity contribution is 0.445. The summed E-state index contributed by atoms with van der Waals surface area (Å²) in [6, 6.07) is 74.9. The molecule has 2 aliphatic rings. The van der Waals surface area contributed by atoms with Crippen LogP contribution < -0.4 is 4.90 Å². The Hall–Kier alpha value is -7.16. The van der Waals surface area contributed by atoms with Crippen LogP contribution in [-0.2, 0) is 5.41 Å². The Balaban J connectivity index is 1.09. The van der Waals surface area contributed by atoms with Crippen LogP contribution >= 0.6 is 0 Å². The Morgan fingerprint density at radius 3 is 2.00 bits per heavy atom. The first-order valence-electron chi connectivity index (χ1n) is 22.9. The van der Waals surface area contributed by atoms with Gasteiger partial charge in [0, 0.05) is 38.7 Å². The van der Waals surface area contributed by atoms with Crippen molar-refractivity contribution in [2.24, 2.45) is 0 Å². The van der Waals surface area contributed by atoms with E-state index in [0.717, 1.165) is 5.69 Å². The maximum atomic E-state index is 2.57. The van der Waals surface area contributed by atoms with E-state index >= 15 is 0 Å². The molecule has 0 saturated heterocycles. The number of fused-ring (bicyclic) bond motifs is 7. The van der Waals surface area contributed by atoms with Crippen molar-refractivity contribution >= 4 is 49.6 Å². The Morgan fingerprint density at radius 2 is 1.13 bits per heavy atom. The zero-order valence-corrected chi connectivity index (χ0v) is 36.1. The second kappa shape index (κ2) is 15.0. The van der Waals surface area contributed by atoms with E-state index in [2.05, 4.69) is 224 Å². The van der Waals surface area contributed by atoms with Gasteiger partial charge in [-0.25, -0.2) is 0 Å². The highest BCUT2D eigenvalue weighted by atomic mass is 15.1. The minimum Gasteiger partial charge on any atom is -0.309 e. The van der Waals surface area contributed by atoms with E-state index in [0.29, 0.717) is 5.92 Å². The van der Waals surface area contributed by atoms with E-state index in [4.69, 9.17) is 0 Å². The maximum absolute atomic E-state index is 2.57. The molecule has 0 spiro atoms. The molecule has 0 unspecified atom stereocenters. The van der Waals surface area contributed by atoms with Gasteiger partial charge in [-0.05, 0) is 117 Å². The summed E-state index contributed by atoms with van der Waals surface area (Å²) in [5.41, 5.74) is 18.8. The van der Waals surface area contributed by atoms with Gasteiger partial charge < -0.3 is 9.47 Å². The normalized spacial score (nSPS) is 14.6. The molecule has 9 aromatic carbocycles. The quantitative estimate of drug-likeness (QED) is 0.156. The molecule has 0 aliphatic heterocycles. The smallest absolute Gasteiger partial charge is 0.0547 e. The fraction of sp³-hybridized carbons (Fsp3) is 0.148. The van der Waals surface area contributed by atoms with Crippen molar-refractivity contribution in [3.05, 3.63) is 217 Å². The number of anilines is 3. The first-order chi connectivity index (χ1) is 31.0. The molecule has 0 amide bonds. The van der Waals surface area contributed by atoms with Crippen LogP contribution in [0.3, 0.4) is 0 Å². The fourth-order valence-electron chi connectivity index (χ4n) is 11.4. The molecule has 1 fully saturated rings. The zero-order valence-electron chi connectivity index (χ0n) is 36.1. The van der Waals surface area contributed by atoms with Gasteiger partial charge in [0.25, 0.3) is 0 Å². The number of hydrogen-bond acceptors (Lipinski definition) is 1. The molecule has 1 aromatic heterocycles. The van der Waals surface area contributed by atoms with Crippen molar-refractivity contribution in [2.45, 2.75) is 57.3 Å². The minimum absolute atomic E-state index is 0.133. The molecule has 0 radical (unpaired) electrons. The Kier molecular flexibility index (Phi) is 8.97. The van der Waals surface area contributed by atoms with E-state index < -0.39 is 0 Å². The van der Waals surface area contributed by atoms with Gasteiger partial charge >= 0.3 is 0 Å². The zero-order chi connectivity index (χ0) is 42.1. The fourth-order valence-corrected chi connectivity index (χ4v) is 11.4. The lowest BCUT2D eigenvalue weighted by Crippen LogP contribution is -2.16. The van der Waals surface area contributed by atoms with Crippen molar-refractivity contribution < 1.29 is 0 Å². The third-order valence-corrected chi connectivity index (χ3v) is 14.4. The summed E-state index contributed by atoms with van der Waals surface area (Å²) in [7, 11) is 0. The number of aromatic nitrogens is 1. The van der Waals surface area contributed by atoms with E-state index in [9.17, 15) is 0 Å². The Labute approximate surface area is 370 Å². The highest BCUT2D eigenvalue weighted by molar-refractivity contribution is 6.10. The number of para-hydroxylation sites is 3. The summed E-state index contributed by atoms with van der Waals surface area (Å²) < 4.78 is 2.42. The first kappa shape index (κ1) is 37.6. The van der Waals surface area contributed by atoms with Gasteiger partial charge in [0.2, 0.25) is 0 Å². The number of hydrogen-bond donors (Lipinski definition) is 0. The molecule has 304 valence electrons. The van der Waals surface area contributed by atoms with Crippen molar-refractivity contribution in [1.29, 1.82) is 0 Å². The molecule has 0 bridgehead atoms. The van der Waals surface area contributed by atoms with Gasteiger partial charge in [-0.15, -0.1) is 0 Å². The van der Waals surface area contributed by atoms with Crippen LogP contribution in [0.15, 0.2) is 200 Å². The van der Waals surface area contributed by atoms with E-state index in [-0.39, 0.29) is 5.41 Å². The third kappa shape index (κ3) is 6.07. The second-order valence-electron chi connectivity index (χ2n) is 18.3. The second-order valence-corrected chi connectivity index (χ2v) is 18.3. The molecule has 2 aliphatic carbocycles. The molecule has 0 N–H and O–H groups in total. The average molecular weight is 811 g/mol. The Morgan fingerprint density at radius 1 is 0.476 bits per heavy atom. The van der Waals surface area contributed by atoms with Crippen LogP contribution in [0, 0.1) is 0 Å². The molecule has 1 heterocycles. The number of nitrogens with zero attached hydrogens (tertiary/aromatic N) is 2. The predicted octanol–water partition coefficient (Wildman–Crippen LogP) is 17.1. The van der Waals surface area contributed by atoms with E-state index in [1.807, 2.05) is 0 Å². The highest BCUT2D eigenvalue weighted by Crippen LogP contribution is 2.55. The summed E-state index contributed by atoms with van der Waals surface area (Å²) in [6.07, 6.45) is 6.48. The van der Waals surface area contributed by atoms with Crippen LogP contribution in [0.1, 0.15) is 68.6 Å². The van der Waals surface area contributed by atoms with Crippen LogP contribution in [0.5, 0.6) is 0 Å². The van der Waals surface area contributed by atoms with Gasteiger partial charge in [-0.1, -0.05) is 185 Å². The molecule has 0 atom stereocenters. The Bertz CT molecular complexity index is 3360. The van der Waals surface area contributed by atoms with E-state index in [1.165, 1.54) is 132 Å². The van der Waals surface area contributed by atoms with Crippen molar-refractivity contribution in [3.8, 4) is 39.1 Å². The third-order valence-electron chi connectivity index (χ3n) is 14.4. The minimum atomic E-state index is -0.133. The van der Waals surface area contributed by atoms with Crippen LogP contribution in [0.2, 0.25) is 0 Å². The van der Waals surface area contributed by atoms with E-state index in [1.54, 1.807) is 0 Å². The van der Waals surface area contributed by atoms with Gasteiger partial charge in [-0.3, -0.25) is 0 Å². The van der Waals surface area contributed by atoms with Crippen LogP contribution in [-0.4, -0.2) is 4.57 Å². The number of rotatable bonds is 7. The highest BCUT2D eigenvalue weighted by Gasteiger charge is 2.38. The molecule has 63 heavy (non-hydrogen) atoms. The first-order valence-corrected chi connectivity index (χ1v) is 22.9. The predicted molar refractivity (Wildman–Crippen MR) is 267 cm³/mol. The molecule has 2 heteroatoms. The molecule has 12 rings (SSSR count). The van der Waals surface area contributed by atoms with Crippen molar-refractivity contribution in [2.75, 3.05) is 4.90 Å². The van der Waals surface area contributed by atoms with Gasteiger partial charge in [0.05, 0.1) is 22.4 Å². The van der Waals surface area contributed by atoms with Crippen molar-refractivity contribution in [3.63, 3.8) is 0 Å². The monoisotopic (exact) mass is 810 g/mol. The topological polar surface area (TPSA) is 8.17 Å². The molecular weight excluding hydrogens is 761 g/mol. The van der Waals surface area contributed by atoms with Gasteiger partial charge in [-0.2, -0.15) is 0 Å². The average Bonchev–Trinajstić information content (AvgIpc) is 3.80. The summed E-state index contributed by atoms with van der Waals surface area (Å²) in [4.78, 5) is 2.57. The molecule has 2 nitrogen and oxygen atoms in total. The number of benzene rings is 9. The lowest BCUT2D eigenvalue weighted by Gasteiger charge is -2.31. The summed E-state index contributed by atoms with van der Waals surface area (Å²) in [6.45, 7) is 4.77. The van der Waals surface area contributed by atoms with Crippen LogP contribution in [0.25, 0.3) is 71.6 Å². The van der Waals surface area contributed by atoms with Crippen molar-refractivity contribution in [1.82, 2.24) is 4.57 Å². The van der Waals surface area contributed by atoms with Gasteiger partial charge in [0.1, 0.15) is 0 Å². The van der Waals surface area contributed by atoms with Gasteiger partial charge in [0.15, 0.2) is 0 Å². The van der Waals surface area contributed by atoms with Crippen LogP contribution in [0.4, 0.5) is 17.1 Å². The summed E-state index contributed by atoms with van der Waals surface area (Å²) in [5.74, 6) is 0.581. The molecule has 1 saturated carbocycles. The lowest BCUT2D eigenvalue weighted by atomic mass is 9.80. The summed E-state index contributed by atoms with van der Waals surface area (Å²) in [5, 5.41) is 5.24. The summed E-state index contributed by atoms with van der Waals surface area (Å²) >= 11 is 0. The molecular formula is C61H50N2. The standard InChI is InChI=1S/C61H50N2/c1-61(2)53-32-12-9-29-52(53)60-54(61)33-18-36-57(60)63(56-35-14-11-28-49(56)51-31-17-22-42-21-16-30-47(59(42)51)41-19-5-3-6-20-41)46-26-15-23-43(39-46)44-37-38-50-48-27-10-13-34-55(48)62(58(50)40-44)45-24-7-4-8-25-45/h4,7-18,21-41H,3,5-6,19-20H2,1-2H3.